The van der Waals surface area contributed by atoms with Crippen molar-refractivity contribution >= 4 is 15.8 Å². The predicted octanol–water partition coefficient (Wildman–Crippen LogP) is 1.31. The van der Waals surface area contributed by atoms with E-state index in [2.05, 4.69) is 4.72 Å². The van der Waals surface area contributed by atoms with Crippen LogP contribution in [0.2, 0.25) is 0 Å². The zero-order valence-corrected chi connectivity index (χ0v) is 10.7. The van der Waals surface area contributed by atoms with Crippen molar-refractivity contribution < 1.29 is 17.6 Å². The largest absolute Gasteiger partial charge is 0.299 e. The Bertz CT molecular complexity index is 529. The highest BCUT2D eigenvalue weighted by Crippen LogP contribution is 2.20. The second-order valence-corrected chi connectivity index (χ2v) is 5.60. The van der Waals surface area contributed by atoms with E-state index < -0.39 is 15.8 Å². The molecule has 0 saturated heterocycles. The minimum Gasteiger partial charge on any atom is -0.299 e. The molecule has 4 nitrogen and oxygen atoms in total. The second kappa shape index (κ2) is 4.93. The molecule has 0 bridgehead atoms. The number of ketones is 1. The van der Waals surface area contributed by atoms with Crippen LogP contribution in [0.3, 0.4) is 0 Å². The van der Waals surface area contributed by atoms with Crippen molar-refractivity contribution in [1.82, 2.24) is 4.72 Å². The van der Waals surface area contributed by atoms with Gasteiger partial charge in [0.15, 0.2) is 0 Å². The fourth-order valence-corrected chi connectivity index (χ4v) is 3.09. The number of Topliss-reactive ketones (excluding diaryl/α,β-unsaturated/α-hetero) is 1. The van der Waals surface area contributed by atoms with Crippen molar-refractivity contribution in [3.8, 4) is 0 Å². The first-order valence-electron chi connectivity index (χ1n) is 5.00. The molecule has 0 saturated carbocycles. The maximum atomic E-state index is 13.0. The van der Waals surface area contributed by atoms with Gasteiger partial charge < -0.3 is 0 Å². The molecular weight excluding hydrogens is 245 g/mol. The Kier molecular flexibility index (Phi) is 4.00. The van der Waals surface area contributed by atoms with Gasteiger partial charge in [0.25, 0.3) is 0 Å². The molecule has 0 radical (unpaired) electrons. The molecule has 0 aliphatic rings. The third kappa shape index (κ3) is 3.34. The van der Waals surface area contributed by atoms with Crippen LogP contribution in [0.5, 0.6) is 0 Å². The lowest BCUT2D eigenvalue weighted by Gasteiger charge is -2.11. The molecule has 0 atom stereocenters. The van der Waals surface area contributed by atoms with E-state index in [1.54, 1.807) is 0 Å². The topological polar surface area (TPSA) is 63.2 Å². The van der Waals surface area contributed by atoms with E-state index in [0.29, 0.717) is 11.1 Å². The van der Waals surface area contributed by atoms with Crippen LogP contribution in [-0.2, 0) is 14.8 Å². The molecule has 94 valence electrons. The highest BCUT2D eigenvalue weighted by molar-refractivity contribution is 7.89. The van der Waals surface area contributed by atoms with Crippen molar-refractivity contribution in [2.24, 2.45) is 0 Å². The number of hydrogen-bond donors (Lipinski definition) is 1. The molecule has 17 heavy (non-hydrogen) atoms. The Morgan fingerprint density at radius 3 is 2.18 bits per heavy atom. The molecule has 0 heterocycles. The number of rotatable bonds is 4. The Balaban J connectivity index is 3.20. The fraction of sp³-hybridized carbons (Fsp3) is 0.364. The van der Waals surface area contributed by atoms with Gasteiger partial charge in [0.2, 0.25) is 10.0 Å². The Morgan fingerprint density at radius 2 is 1.76 bits per heavy atom. The summed E-state index contributed by atoms with van der Waals surface area (Å²) in [5.74, 6) is -0.767. The summed E-state index contributed by atoms with van der Waals surface area (Å²) in [5.41, 5.74) is 0.636. The van der Waals surface area contributed by atoms with Crippen LogP contribution in [0.4, 0.5) is 4.39 Å². The first-order valence-corrected chi connectivity index (χ1v) is 6.48. The van der Waals surface area contributed by atoms with Gasteiger partial charge >= 0.3 is 0 Å². The summed E-state index contributed by atoms with van der Waals surface area (Å²) in [6, 6.07) is 2.30. The van der Waals surface area contributed by atoms with Crippen molar-refractivity contribution in [1.29, 1.82) is 0 Å². The fourth-order valence-electron chi connectivity index (χ4n) is 1.59. The summed E-state index contributed by atoms with van der Waals surface area (Å²) in [4.78, 5) is 10.8. The maximum absolute atomic E-state index is 13.0. The van der Waals surface area contributed by atoms with Crippen molar-refractivity contribution in [3.63, 3.8) is 0 Å². The van der Waals surface area contributed by atoms with E-state index in [9.17, 15) is 17.6 Å². The highest BCUT2D eigenvalue weighted by Gasteiger charge is 2.20. The molecule has 0 amide bonds. The van der Waals surface area contributed by atoms with Crippen LogP contribution >= 0.6 is 0 Å². The lowest BCUT2D eigenvalue weighted by molar-refractivity contribution is -0.115. The van der Waals surface area contributed by atoms with E-state index in [4.69, 9.17) is 0 Å². The van der Waals surface area contributed by atoms with Crippen LogP contribution in [-0.4, -0.2) is 20.7 Å². The SMILES string of the molecule is CC(=O)CNS(=O)(=O)c1c(C)cc(F)cc1C. The van der Waals surface area contributed by atoms with Crippen LogP contribution in [0, 0.1) is 19.7 Å². The first kappa shape index (κ1) is 13.8. The van der Waals surface area contributed by atoms with E-state index in [0.717, 1.165) is 12.1 Å². The normalized spacial score (nSPS) is 11.5. The van der Waals surface area contributed by atoms with Gasteiger partial charge in [-0.1, -0.05) is 0 Å². The summed E-state index contributed by atoms with van der Waals surface area (Å²) in [6.07, 6.45) is 0. The summed E-state index contributed by atoms with van der Waals surface area (Å²) >= 11 is 0. The molecule has 6 heteroatoms. The summed E-state index contributed by atoms with van der Waals surface area (Å²) in [5, 5.41) is 0. The molecule has 0 unspecified atom stereocenters. The summed E-state index contributed by atoms with van der Waals surface area (Å²) in [7, 11) is -3.77. The van der Waals surface area contributed by atoms with E-state index in [1.807, 2.05) is 0 Å². The number of carbonyl (C=O) groups excluding carboxylic acids is 1. The van der Waals surface area contributed by atoms with Crippen molar-refractivity contribution in [2.75, 3.05) is 6.54 Å². The van der Waals surface area contributed by atoms with Gasteiger partial charge in [-0.15, -0.1) is 0 Å². The average molecular weight is 259 g/mol. The predicted molar refractivity (Wildman–Crippen MR) is 61.7 cm³/mol. The number of benzene rings is 1. The van der Waals surface area contributed by atoms with Gasteiger partial charge in [-0.05, 0) is 44.0 Å². The van der Waals surface area contributed by atoms with Crippen LogP contribution in [0.25, 0.3) is 0 Å². The van der Waals surface area contributed by atoms with Gasteiger partial charge in [0.1, 0.15) is 11.6 Å². The molecule has 0 fully saturated rings. The standard InChI is InChI=1S/C11H14FNO3S/c1-7-4-10(12)5-8(2)11(7)17(15,16)13-6-9(3)14/h4-5,13H,6H2,1-3H3. The van der Waals surface area contributed by atoms with Crippen LogP contribution in [0.15, 0.2) is 17.0 Å². The number of aryl methyl sites for hydroxylation is 2. The average Bonchev–Trinajstić information content (AvgIpc) is 2.12. The van der Waals surface area contributed by atoms with E-state index >= 15 is 0 Å². The lowest BCUT2D eigenvalue weighted by Crippen LogP contribution is -2.29. The summed E-state index contributed by atoms with van der Waals surface area (Å²) < 4.78 is 39.0. The third-order valence-electron chi connectivity index (χ3n) is 2.20. The number of hydrogen-bond acceptors (Lipinski definition) is 3. The Hall–Kier alpha value is -1.27. The second-order valence-electron chi connectivity index (χ2n) is 3.90. The van der Waals surface area contributed by atoms with Crippen molar-refractivity contribution in [2.45, 2.75) is 25.7 Å². The zero-order valence-electron chi connectivity index (χ0n) is 9.87. The minimum absolute atomic E-state index is 0.0279. The molecule has 1 aromatic rings. The zero-order chi connectivity index (χ0) is 13.2. The molecule has 0 spiro atoms. The molecule has 0 aliphatic heterocycles. The highest BCUT2D eigenvalue weighted by atomic mass is 32.2. The Morgan fingerprint density at radius 1 is 1.29 bits per heavy atom. The number of halogens is 1. The van der Waals surface area contributed by atoms with Gasteiger partial charge in [0, 0.05) is 0 Å². The van der Waals surface area contributed by atoms with Gasteiger partial charge in [0.05, 0.1) is 11.4 Å². The van der Waals surface area contributed by atoms with Crippen molar-refractivity contribution in [3.05, 3.63) is 29.1 Å². The molecule has 0 aromatic heterocycles. The molecular formula is C11H14FNO3S. The smallest absolute Gasteiger partial charge is 0.241 e. The molecule has 1 N–H and O–H groups in total. The van der Waals surface area contributed by atoms with Gasteiger partial charge in [-0.2, -0.15) is 0 Å². The molecule has 1 rings (SSSR count). The molecule has 0 aliphatic carbocycles. The van der Waals surface area contributed by atoms with Gasteiger partial charge in [-0.3, -0.25) is 4.79 Å². The minimum atomic E-state index is -3.77. The number of sulfonamides is 1. The Labute approximate surface area is 99.9 Å². The van der Waals surface area contributed by atoms with E-state index in [-0.39, 0.29) is 17.2 Å². The first-order chi connectivity index (χ1) is 7.74. The van der Waals surface area contributed by atoms with Crippen LogP contribution < -0.4 is 4.72 Å². The maximum Gasteiger partial charge on any atom is 0.241 e. The van der Waals surface area contributed by atoms with E-state index in [1.165, 1.54) is 20.8 Å². The number of carbonyl (C=O) groups is 1. The third-order valence-corrected chi connectivity index (χ3v) is 3.91. The lowest BCUT2D eigenvalue weighted by atomic mass is 10.1. The van der Waals surface area contributed by atoms with Gasteiger partial charge in [-0.25, -0.2) is 17.5 Å². The van der Waals surface area contributed by atoms with Crippen LogP contribution in [0.1, 0.15) is 18.1 Å². The number of nitrogens with one attached hydrogen (secondary N) is 1. The monoisotopic (exact) mass is 259 g/mol. The molecule has 1 aromatic carbocycles. The quantitative estimate of drug-likeness (QED) is 0.886. The summed E-state index contributed by atoms with van der Waals surface area (Å²) in [6.45, 7) is 4.04.